The van der Waals surface area contributed by atoms with Crippen LogP contribution in [-0.2, 0) is 6.18 Å². The smallest absolute Gasteiger partial charge is 0.271 e. The highest BCUT2D eigenvalue weighted by Crippen LogP contribution is 2.30. The Morgan fingerprint density at radius 3 is 2.28 bits per heavy atom. The summed E-state index contributed by atoms with van der Waals surface area (Å²) in [6.07, 6.45) is -2.82. The SMILES string of the molecule is C=C(C)CCC(NN)c1ccc(C(F)(F)F)cc1. The molecule has 2 nitrogen and oxygen atoms in total. The van der Waals surface area contributed by atoms with E-state index in [1.54, 1.807) is 0 Å². The standard InChI is InChI=1S/C13H17F3N2/c1-9(2)3-8-12(18-17)10-4-6-11(7-5-10)13(14,15)16/h4-7,12,18H,1,3,8,17H2,2H3. The normalized spacial score (nSPS) is 13.4. The van der Waals surface area contributed by atoms with Crippen molar-refractivity contribution in [1.82, 2.24) is 5.43 Å². The second kappa shape index (κ2) is 6.02. The molecule has 1 unspecified atom stereocenters. The van der Waals surface area contributed by atoms with Gasteiger partial charge in [-0.2, -0.15) is 13.2 Å². The van der Waals surface area contributed by atoms with E-state index in [9.17, 15) is 13.2 Å². The van der Waals surface area contributed by atoms with Crippen molar-refractivity contribution in [3.8, 4) is 0 Å². The van der Waals surface area contributed by atoms with Crippen molar-refractivity contribution in [2.45, 2.75) is 32.0 Å². The molecule has 18 heavy (non-hydrogen) atoms. The van der Waals surface area contributed by atoms with E-state index in [0.717, 1.165) is 29.7 Å². The van der Waals surface area contributed by atoms with Gasteiger partial charge in [-0.25, -0.2) is 0 Å². The molecule has 0 heterocycles. The van der Waals surface area contributed by atoms with Crippen molar-refractivity contribution in [2.24, 2.45) is 5.84 Å². The van der Waals surface area contributed by atoms with Gasteiger partial charge >= 0.3 is 6.18 Å². The lowest BCUT2D eigenvalue weighted by molar-refractivity contribution is -0.137. The molecule has 1 aromatic rings. The highest BCUT2D eigenvalue weighted by atomic mass is 19.4. The number of hydrazine groups is 1. The number of nitrogens with one attached hydrogen (secondary N) is 1. The molecule has 0 fully saturated rings. The lowest BCUT2D eigenvalue weighted by atomic mass is 9.99. The second-order valence-electron chi connectivity index (χ2n) is 4.33. The summed E-state index contributed by atoms with van der Waals surface area (Å²) in [5.74, 6) is 5.41. The Balaban J connectivity index is 2.79. The van der Waals surface area contributed by atoms with E-state index in [4.69, 9.17) is 5.84 Å². The highest BCUT2D eigenvalue weighted by molar-refractivity contribution is 5.26. The number of alkyl halides is 3. The van der Waals surface area contributed by atoms with E-state index in [1.165, 1.54) is 12.1 Å². The van der Waals surface area contributed by atoms with Crippen molar-refractivity contribution in [3.05, 3.63) is 47.5 Å². The quantitative estimate of drug-likeness (QED) is 0.481. The molecule has 3 N–H and O–H groups in total. The molecule has 1 rings (SSSR count). The van der Waals surface area contributed by atoms with Gasteiger partial charge in [0.25, 0.3) is 0 Å². The number of benzene rings is 1. The van der Waals surface area contributed by atoms with Crippen LogP contribution < -0.4 is 11.3 Å². The number of hydrogen-bond donors (Lipinski definition) is 2. The van der Waals surface area contributed by atoms with Gasteiger partial charge in [0, 0.05) is 6.04 Å². The largest absolute Gasteiger partial charge is 0.416 e. The van der Waals surface area contributed by atoms with Gasteiger partial charge in [-0.3, -0.25) is 11.3 Å². The molecule has 0 aliphatic carbocycles. The molecule has 5 heteroatoms. The Morgan fingerprint density at radius 1 is 1.33 bits per heavy atom. The van der Waals surface area contributed by atoms with Gasteiger partial charge < -0.3 is 0 Å². The van der Waals surface area contributed by atoms with Gasteiger partial charge in [-0.05, 0) is 37.5 Å². The molecule has 0 radical (unpaired) electrons. The zero-order valence-electron chi connectivity index (χ0n) is 10.2. The van der Waals surface area contributed by atoms with Gasteiger partial charge in [0.15, 0.2) is 0 Å². The lowest BCUT2D eigenvalue weighted by Gasteiger charge is -2.17. The highest BCUT2D eigenvalue weighted by Gasteiger charge is 2.30. The fraction of sp³-hybridized carbons (Fsp3) is 0.385. The van der Waals surface area contributed by atoms with Crippen LogP contribution in [0.3, 0.4) is 0 Å². The van der Waals surface area contributed by atoms with Gasteiger partial charge in [-0.1, -0.05) is 17.7 Å². The topological polar surface area (TPSA) is 38.0 Å². The average molecular weight is 258 g/mol. The Morgan fingerprint density at radius 2 is 1.89 bits per heavy atom. The van der Waals surface area contributed by atoms with Gasteiger partial charge in [-0.15, -0.1) is 6.58 Å². The van der Waals surface area contributed by atoms with E-state index in [-0.39, 0.29) is 6.04 Å². The van der Waals surface area contributed by atoms with Crippen molar-refractivity contribution in [2.75, 3.05) is 0 Å². The summed E-state index contributed by atoms with van der Waals surface area (Å²) >= 11 is 0. The first kappa shape index (κ1) is 14.7. The molecule has 0 saturated heterocycles. The van der Waals surface area contributed by atoms with Gasteiger partial charge in [0.2, 0.25) is 0 Å². The Bertz CT molecular complexity index is 396. The van der Waals surface area contributed by atoms with Gasteiger partial charge in [0.05, 0.1) is 5.56 Å². The number of allylic oxidation sites excluding steroid dienone is 1. The molecule has 0 saturated carbocycles. The maximum Gasteiger partial charge on any atom is 0.416 e. The molecule has 1 atom stereocenters. The maximum absolute atomic E-state index is 12.4. The summed E-state index contributed by atoms with van der Waals surface area (Å²) in [5, 5.41) is 0. The van der Waals surface area contributed by atoms with Crippen LogP contribution >= 0.6 is 0 Å². The van der Waals surface area contributed by atoms with Crippen LogP contribution in [0.25, 0.3) is 0 Å². The van der Waals surface area contributed by atoms with Crippen molar-refractivity contribution >= 4 is 0 Å². The van der Waals surface area contributed by atoms with E-state index in [2.05, 4.69) is 12.0 Å². The third-order valence-corrected chi connectivity index (χ3v) is 2.70. The summed E-state index contributed by atoms with van der Waals surface area (Å²) in [4.78, 5) is 0. The first-order chi connectivity index (χ1) is 8.34. The van der Waals surface area contributed by atoms with E-state index < -0.39 is 11.7 Å². The third-order valence-electron chi connectivity index (χ3n) is 2.70. The zero-order valence-corrected chi connectivity index (χ0v) is 10.2. The fourth-order valence-corrected chi connectivity index (χ4v) is 1.64. The minimum atomic E-state index is -4.30. The Labute approximate surface area is 105 Å². The third kappa shape index (κ3) is 4.16. The summed E-state index contributed by atoms with van der Waals surface area (Å²) in [7, 11) is 0. The molecule has 0 aromatic heterocycles. The average Bonchev–Trinajstić information content (AvgIpc) is 2.29. The van der Waals surface area contributed by atoms with E-state index >= 15 is 0 Å². The number of hydrogen-bond acceptors (Lipinski definition) is 2. The minimum absolute atomic E-state index is 0.163. The van der Waals surface area contributed by atoms with E-state index in [0.29, 0.717) is 6.42 Å². The lowest BCUT2D eigenvalue weighted by Crippen LogP contribution is -2.28. The molecule has 1 aromatic carbocycles. The van der Waals surface area contributed by atoms with Crippen molar-refractivity contribution in [3.63, 3.8) is 0 Å². The summed E-state index contributed by atoms with van der Waals surface area (Å²) in [6.45, 7) is 5.69. The molecular formula is C13H17F3N2. The number of nitrogens with two attached hydrogens (primary N) is 1. The van der Waals surface area contributed by atoms with Crippen LogP contribution in [0, 0.1) is 0 Å². The van der Waals surface area contributed by atoms with Gasteiger partial charge in [0.1, 0.15) is 0 Å². The fourth-order valence-electron chi connectivity index (χ4n) is 1.64. The maximum atomic E-state index is 12.4. The van der Waals surface area contributed by atoms with Crippen LogP contribution in [0.5, 0.6) is 0 Å². The zero-order chi connectivity index (χ0) is 13.8. The first-order valence-corrected chi connectivity index (χ1v) is 5.62. The molecule has 100 valence electrons. The summed E-state index contributed by atoms with van der Waals surface area (Å²) in [6, 6.07) is 4.88. The van der Waals surface area contributed by atoms with Crippen molar-refractivity contribution < 1.29 is 13.2 Å². The second-order valence-corrected chi connectivity index (χ2v) is 4.33. The minimum Gasteiger partial charge on any atom is -0.271 e. The molecule has 0 aliphatic rings. The van der Waals surface area contributed by atoms with Crippen LogP contribution in [0.4, 0.5) is 13.2 Å². The summed E-state index contributed by atoms with van der Waals surface area (Å²) < 4.78 is 37.2. The summed E-state index contributed by atoms with van der Waals surface area (Å²) in [5.41, 5.74) is 3.72. The Hall–Kier alpha value is -1.33. The molecule has 0 bridgehead atoms. The Kier molecular flexibility index (Phi) is 4.93. The first-order valence-electron chi connectivity index (χ1n) is 5.62. The van der Waals surface area contributed by atoms with Crippen molar-refractivity contribution in [1.29, 1.82) is 0 Å². The van der Waals surface area contributed by atoms with Crippen LogP contribution in [-0.4, -0.2) is 0 Å². The molecule has 0 aliphatic heterocycles. The van der Waals surface area contributed by atoms with Crippen LogP contribution in [0.1, 0.15) is 36.9 Å². The van der Waals surface area contributed by atoms with Crippen LogP contribution in [0.2, 0.25) is 0 Å². The van der Waals surface area contributed by atoms with E-state index in [1.807, 2.05) is 6.92 Å². The predicted octanol–water partition coefficient (Wildman–Crippen LogP) is 3.57. The predicted molar refractivity (Wildman–Crippen MR) is 65.6 cm³/mol. The van der Waals surface area contributed by atoms with Crippen LogP contribution in [0.15, 0.2) is 36.4 Å². The molecule has 0 amide bonds. The number of halogens is 3. The number of rotatable bonds is 5. The monoisotopic (exact) mass is 258 g/mol. The molecule has 0 spiro atoms. The molecular weight excluding hydrogens is 241 g/mol.